The van der Waals surface area contributed by atoms with Crippen LogP contribution in [0.25, 0.3) is 0 Å². The Kier molecular flexibility index (Phi) is 4.60. The van der Waals surface area contributed by atoms with E-state index in [4.69, 9.17) is 9.47 Å². The summed E-state index contributed by atoms with van der Waals surface area (Å²) in [4.78, 5) is 2.54. The Morgan fingerprint density at radius 3 is 2.61 bits per heavy atom. The number of ether oxygens (including phenoxy) is 2. The molecule has 172 valence electrons. The molecular formula is C26H39NO4. The number of piperidine rings is 1. The minimum absolute atomic E-state index is 0.00821. The molecule has 7 atom stereocenters. The first-order valence-corrected chi connectivity index (χ1v) is 12.1. The summed E-state index contributed by atoms with van der Waals surface area (Å²) in [7, 11) is 5.69. The quantitative estimate of drug-likeness (QED) is 0.719. The number of hydrogen-bond acceptors (Lipinski definition) is 5. The second-order valence-corrected chi connectivity index (χ2v) is 11.0. The lowest BCUT2D eigenvalue weighted by Crippen LogP contribution is -2.66. The van der Waals surface area contributed by atoms with Gasteiger partial charge in [-0.05, 0) is 69.7 Å². The van der Waals surface area contributed by atoms with Gasteiger partial charge in [-0.1, -0.05) is 26.3 Å². The average molecular weight is 430 g/mol. The van der Waals surface area contributed by atoms with E-state index in [1.54, 1.807) is 14.2 Å². The number of aromatic hydroxyl groups is 1. The van der Waals surface area contributed by atoms with Gasteiger partial charge in [0.05, 0.1) is 18.8 Å². The monoisotopic (exact) mass is 429 g/mol. The van der Waals surface area contributed by atoms with Crippen molar-refractivity contribution in [3.05, 3.63) is 23.3 Å². The predicted molar refractivity (Wildman–Crippen MR) is 121 cm³/mol. The molecule has 1 heterocycles. The highest BCUT2D eigenvalue weighted by atomic mass is 16.5. The van der Waals surface area contributed by atoms with Gasteiger partial charge in [0.25, 0.3) is 0 Å². The molecule has 4 aliphatic rings. The van der Waals surface area contributed by atoms with Crippen molar-refractivity contribution in [2.75, 3.05) is 27.8 Å². The number of likely N-dealkylation sites (tertiary alicyclic amines) is 1. The molecule has 5 nitrogen and oxygen atoms in total. The number of likely N-dealkylation sites (N-methyl/N-ethyl adjacent to an activating group) is 1. The van der Waals surface area contributed by atoms with Crippen LogP contribution in [0.1, 0.15) is 64.0 Å². The van der Waals surface area contributed by atoms with Gasteiger partial charge in [-0.15, -0.1) is 0 Å². The number of hydrogen-bond donors (Lipinski definition) is 2. The number of fused-ring (bicyclic) bond motifs is 2. The van der Waals surface area contributed by atoms with Gasteiger partial charge in [-0.2, -0.15) is 0 Å². The minimum Gasteiger partial charge on any atom is -0.504 e. The van der Waals surface area contributed by atoms with Crippen LogP contribution >= 0.6 is 0 Å². The molecule has 3 fully saturated rings. The largest absolute Gasteiger partial charge is 0.504 e. The SMILES string of the molecule is CCC[C@](C)(O)C12C[C@]3(CC)[C@H]4Cc5ccc(OC)c(O)c5[C@@]3(CCN4C)C1[C@@H]2OC. The smallest absolute Gasteiger partial charge is 0.161 e. The van der Waals surface area contributed by atoms with Crippen molar-refractivity contribution >= 4 is 0 Å². The highest BCUT2D eigenvalue weighted by Gasteiger charge is 2.89. The van der Waals surface area contributed by atoms with E-state index in [0.29, 0.717) is 17.5 Å². The Hall–Kier alpha value is -1.30. The number of aliphatic hydroxyl groups is 1. The molecule has 2 bridgehead atoms. The molecule has 1 aromatic rings. The summed E-state index contributed by atoms with van der Waals surface area (Å²) in [6.07, 6.45) is 5.66. The average Bonchev–Trinajstić information content (AvgIpc) is 3.31. The van der Waals surface area contributed by atoms with E-state index in [-0.39, 0.29) is 28.3 Å². The van der Waals surface area contributed by atoms with Gasteiger partial charge in [0, 0.05) is 35.5 Å². The second kappa shape index (κ2) is 6.61. The van der Waals surface area contributed by atoms with Crippen LogP contribution < -0.4 is 4.74 Å². The molecule has 3 aliphatic carbocycles. The number of methoxy groups -OCH3 is 2. The molecule has 0 spiro atoms. The lowest BCUT2D eigenvalue weighted by Gasteiger charge is -2.63. The van der Waals surface area contributed by atoms with Crippen LogP contribution in [0.3, 0.4) is 0 Å². The van der Waals surface area contributed by atoms with Crippen LogP contribution in [0.5, 0.6) is 11.5 Å². The molecule has 0 aromatic heterocycles. The van der Waals surface area contributed by atoms with Gasteiger partial charge in [-0.25, -0.2) is 0 Å². The fourth-order valence-corrected chi connectivity index (χ4v) is 9.16. The first kappa shape index (κ1) is 21.5. The summed E-state index contributed by atoms with van der Waals surface area (Å²) in [5.41, 5.74) is 1.08. The first-order chi connectivity index (χ1) is 14.7. The zero-order valence-electron chi connectivity index (χ0n) is 20.0. The molecule has 2 unspecified atom stereocenters. The van der Waals surface area contributed by atoms with Gasteiger partial charge < -0.3 is 24.6 Å². The Morgan fingerprint density at radius 1 is 1.26 bits per heavy atom. The molecule has 1 aromatic carbocycles. The molecule has 1 saturated heterocycles. The van der Waals surface area contributed by atoms with Crippen molar-refractivity contribution < 1.29 is 19.7 Å². The number of rotatable bonds is 6. The summed E-state index contributed by atoms with van der Waals surface area (Å²) in [5, 5.41) is 23.4. The fraction of sp³-hybridized carbons (Fsp3) is 0.769. The third-order valence-corrected chi connectivity index (χ3v) is 10.2. The van der Waals surface area contributed by atoms with Gasteiger partial charge in [0.15, 0.2) is 11.5 Å². The van der Waals surface area contributed by atoms with E-state index >= 15 is 0 Å². The number of nitrogens with zero attached hydrogens (tertiary/aromatic N) is 1. The fourth-order valence-electron chi connectivity index (χ4n) is 9.16. The van der Waals surface area contributed by atoms with E-state index in [0.717, 1.165) is 50.6 Å². The third kappa shape index (κ3) is 2.19. The van der Waals surface area contributed by atoms with Crippen LogP contribution in [0.2, 0.25) is 0 Å². The van der Waals surface area contributed by atoms with Crippen molar-refractivity contribution in [3.63, 3.8) is 0 Å². The summed E-state index contributed by atoms with van der Waals surface area (Å²) in [6, 6.07) is 4.48. The Labute approximate surface area is 186 Å². The minimum atomic E-state index is -0.790. The summed E-state index contributed by atoms with van der Waals surface area (Å²) in [5.74, 6) is 1.08. The zero-order valence-corrected chi connectivity index (χ0v) is 20.0. The van der Waals surface area contributed by atoms with Crippen molar-refractivity contribution in [1.29, 1.82) is 0 Å². The molecule has 2 saturated carbocycles. The highest BCUT2D eigenvalue weighted by Crippen LogP contribution is 2.86. The van der Waals surface area contributed by atoms with Gasteiger partial charge >= 0.3 is 0 Å². The van der Waals surface area contributed by atoms with E-state index in [1.165, 1.54) is 5.56 Å². The molecular weight excluding hydrogens is 390 g/mol. The topological polar surface area (TPSA) is 62.2 Å². The van der Waals surface area contributed by atoms with Crippen LogP contribution in [-0.4, -0.2) is 60.7 Å². The van der Waals surface area contributed by atoms with Crippen LogP contribution in [0.4, 0.5) is 0 Å². The maximum Gasteiger partial charge on any atom is 0.161 e. The second-order valence-electron chi connectivity index (χ2n) is 11.0. The van der Waals surface area contributed by atoms with Gasteiger partial charge in [0.1, 0.15) is 0 Å². The zero-order chi connectivity index (χ0) is 22.4. The summed E-state index contributed by atoms with van der Waals surface area (Å²) in [6.45, 7) is 7.51. The maximum atomic E-state index is 11.9. The lowest BCUT2D eigenvalue weighted by molar-refractivity contribution is -0.0992. The molecule has 5 rings (SSSR count). The number of phenols is 1. The van der Waals surface area contributed by atoms with Gasteiger partial charge in [-0.3, -0.25) is 0 Å². The first-order valence-electron chi connectivity index (χ1n) is 12.1. The van der Waals surface area contributed by atoms with Crippen LogP contribution in [0, 0.1) is 16.7 Å². The molecule has 2 N–H and O–H groups in total. The standard InChI is InChI=1S/C26H39NO4/c1-7-11-23(3,29)26-15-24(8-2)18-14-16-9-10-17(30-5)20(28)19(16)25(24,12-13-27(18)4)21(26)22(26)31-6/h9-10,18,21-22,28-29H,7-8,11-15H2,1-6H3/t18-,21?,22+,23+,24-,25+,26?/m1/s1. The third-order valence-electron chi connectivity index (χ3n) is 10.2. The van der Waals surface area contributed by atoms with Crippen LogP contribution in [0.15, 0.2) is 12.1 Å². The molecule has 0 radical (unpaired) electrons. The van der Waals surface area contributed by atoms with E-state index in [1.807, 2.05) is 13.0 Å². The summed E-state index contributed by atoms with van der Waals surface area (Å²) < 4.78 is 11.7. The Bertz CT molecular complexity index is 900. The van der Waals surface area contributed by atoms with Crippen molar-refractivity contribution in [3.8, 4) is 11.5 Å². The Morgan fingerprint density at radius 2 is 2.00 bits per heavy atom. The molecule has 1 aliphatic heterocycles. The van der Waals surface area contributed by atoms with Crippen molar-refractivity contribution in [2.24, 2.45) is 16.7 Å². The molecule has 0 amide bonds. The number of benzene rings is 1. The highest BCUT2D eigenvalue weighted by molar-refractivity contribution is 5.61. The normalized spacial score (nSPS) is 42.4. The predicted octanol–water partition coefficient (Wildman–Crippen LogP) is 3.88. The number of phenolic OH excluding ortho intramolecular Hbond substituents is 1. The lowest BCUT2D eigenvalue weighted by atomic mass is 9.47. The van der Waals surface area contributed by atoms with E-state index in [9.17, 15) is 10.2 Å². The van der Waals surface area contributed by atoms with Crippen LogP contribution in [-0.2, 0) is 16.6 Å². The van der Waals surface area contributed by atoms with Crippen molar-refractivity contribution in [1.82, 2.24) is 4.90 Å². The van der Waals surface area contributed by atoms with Crippen molar-refractivity contribution in [2.45, 2.75) is 82.5 Å². The van der Waals surface area contributed by atoms with E-state index in [2.05, 4.69) is 31.9 Å². The molecule has 31 heavy (non-hydrogen) atoms. The Balaban J connectivity index is 1.81. The maximum absolute atomic E-state index is 11.9. The van der Waals surface area contributed by atoms with E-state index < -0.39 is 5.60 Å². The molecule has 5 heteroatoms. The summed E-state index contributed by atoms with van der Waals surface area (Å²) >= 11 is 0. The van der Waals surface area contributed by atoms with Gasteiger partial charge in [0.2, 0.25) is 0 Å².